The lowest BCUT2D eigenvalue weighted by atomic mass is 10.1. The molecule has 0 spiro atoms. The third kappa shape index (κ3) is 4.47. The van der Waals surface area contributed by atoms with Crippen LogP contribution in [0.1, 0.15) is 12.8 Å². The number of carbonyl (C=O) groups excluding carboxylic acids is 2. The van der Waals surface area contributed by atoms with Crippen LogP contribution in [0.4, 0.5) is 20.2 Å². The largest absolute Gasteiger partial charge is 0.497 e. The average molecular weight is 429 g/mol. The van der Waals surface area contributed by atoms with Crippen LogP contribution in [0.5, 0.6) is 5.75 Å². The zero-order valence-electron chi connectivity index (χ0n) is 17.4. The average Bonchev–Trinajstić information content (AvgIpc) is 2.98. The van der Waals surface area contributed by atoms with Crippen LogP contribution in [0, 0.1) is 17.6 Å². The number of anilines is 2. The van der Waals surface area contributed by atoms with Crippen molar-refractivity contribution in [2.24, 2.45) is 5.92 Å². The second-order valence-electron chi connectivity index (χ2n) is 7.87. The van der Waals surface area contributed by atoms with Gasteiger partial charge in [0.2, 0.25) is 11.8 Å². The summed E-state index contributed by atoms with van der Waals surface area (Å²) in [4.78, 5) is 30.8. The van der Waals surface area contributed by atoms with E-state index >= 15 is 0 Å². The van der Waals surface area contributed by atoms with E-state index < -0.39 is 17.6 Å². The van der Waals surface area contributed by atoms with E-state index in [-0.39, 0.29) is 30.5 Å². The molecule has 0 bridgehead atoms. The number of hydrogen-bond donors (Lipinski definition) is 0. The zero-order chi connectivity index (χ0) is 22.0. The molecule has 0 aromatic heterocycles. The van der Waals surface area contributed by atoms with Gasteiger partial charge in [0.05, 0.1) is 18.7 Å². The molecule has 1 atom stereocenters. The highest BCUT2D eigenvalue weighted by Gasteiger charge is 2.38. The van der Waals surface area contributed by atoms with Gasteiger partial charge in [0, 0.05) is 50.9 Å². The van der Waals surface area contributed by atoms with Crippen LogP contribution in [-0.4, -0.2) is 56.5 Å². The molecule has 6 nitrogen and oxygen atoms in total. The SMILES string of the molecule is COc1ccc(N2CCCN(C(=O)C3CC(=O)N(c4ccc(F)cc4F)C3)CC2)cc1. The normalized spacial score (nSPS) is 19.5. The lowest BCUT2D eigenvalue weighted by Gasteiger charge is -2.25. The molecule has 0 aliphatic carbocycles. The van der Waals surface area contributed by atoms with Gasteiger partial charge in [-0.2, -0.15) is 0 Å². The summed E-state index contributed by atoms with van der Waals surface area (Å²) >= 11 is 0. The Bertz CT molecular complexity index is 967. The summed E-state index contributed by atoms with van der Waals surface area (Å²) in [6.07, 6.45) is 0.850. The first-order chi connectivity index (χ1) is 15.0. The number of carbonyl (C=O) groups is 2. The highest BCUT2D eigenvalue weighted by molar-refractivity contribution is 6.00. The molecule has 2 aliphatic heterocycles. The van der Waals surface area contributed by atoms with Gasteiger partial charge in [-0.3, -0.25) is 9.59 Å². The number of rotatable bonds is 4. The topological polar surface area (TPSA) is 53.1 Å². The summed E-state index contributed by atoms with van der Waals surface area (Å²) in [7, 11) is 1.63. The molecule has 2 saturated heterocycles. The number of methoxy groups -OCH3 is 1. The van der Waals surface area contributed by atoms with Gasteiger partial charge in [-0.15, -0.1) is 0 Å². The summed E-state index contributed by atoms with van der Waals surface area (Å²) in [6, 6.07) is 10.9. The van der Waals surface area contributed by atoms with Gasteiger partial charge in [0.15, 0.2) is 0 Å². The molecule has 2 amide bonds. The molecule has 0 saturated carbocycles. The van der Waals surface area contributed by atoms with Crippen molar-refractivity contribution in [3.63, 3.8) is 0 Å². The van der Waals surface area contributed by atoms with E-state index in [2.05, 4.69) is 4.90 Å². The van der Waals surface area contributed by atoms with E-state index in [4.69, 9.17) is 4.74 Å². The Hall–Kier alpha value is -3.16. The minimum atomic E-state index is -0.800. The molecule has 164 valence electrons. The Kier molecular flexibility index (Phi) is 6.06. The standard InChI is InChI=1S/C23H25F2N3O3/c1-31-19-6-4-18(5-7-19)26-9-2-10-27(12-11-26)23(30)16-13-22(29)28(15-16)21-8-3-17(24)14-20(21)25/h3-8,14,16H,2,9-13,15H2,1H3. The van der Waals surface area contributed by atoms with Crippen LogP contribution in [0.25, 0.3) is 0 Å². The van der Waals surface area contributed by atoms with Gasteiger partial charge in [0.25, 0.3) is 0 Å². The van der Waals surface area contributed by atoms with Crippen molar-refractivity contribution in [3.05, 3.63) is 54.1 Å². The number of hydrogen-bond acceptors (Lipinski definition) is 4. The van der Waals surface area contributed by atoms with Gasteiger partial charge >= 0.3 is 0 Å². The van der Waals surface area contributed by atoms with Crippen LogP contribution >= 0.6 is 0 Å². The van der Waals surface area contributed by atoms with Crippen molar-refractivity contribution < 1.29 is 23.1 Å². The molecule has 2 heterocycles. The maximum Gasteiger partial charge on any atom is 0.228 e. The van der Waals surface area contributed by atoms with Crippen molar-refractivity contribution in [3.8, 4) is 5.75 Å². The Labute approximate surface area is 180 Å². The summed E-state index contributed by atoms with van der Waals surface area (Å²) < 4.78 is 32.5. The van der Waals surface area contributed by atoms with Crippen molar-refractivity contribution in [1.82, 2.24) is 4.90 Å². The minimum Gasteiger partial charge on any atom is -0.497 e. The molecule has 4 rings (SSSR count). The van der Waals surface area contributed by atoms with E-state index in [0.29, 0.717) is 19.6 Å². The van der Waals surface area contributed by atoms with E-state index in [1.165, 1.54) is 11.0 Å². The molecule has 0 N–H and O–H groups in total. The monoisotopic (exact) mass is 429 g/mol. The lowest BCUT2D eigenvalue weighted by Crippen LogP contribution is -2.40. The van der Waals surface area contributed by atoms with Crippen molar-refractivity contribution >= 4 is 23.2 Å². The molecular weight excluding hydrogens is 404 g/mol. The number of nitrogens with zero attached hydrogens (tertiary/aromatic N) is 3. The first kappa shape index (κ1) is 21.1. The van der Waals surface area contributed by atoms with Crippen LogP contribution in [-0.2, 0) is 9.59 Å². The number of amides is 2. The van der Waals surface area contributed by atoms with Gasteiger partial charge in [0.1, 0.15) is 17.4 Å². The summed E-state index contributed by atoms with van der Waals surface area (Å²) in [5.74, 6) is -1.64. The molecular formula is C23H25F2N3O3. The van der Waals surface area contributed by atoms with Crippen LogP contribution < -0.4 is 14.5 Å². The fraction of sp³-hybridized carbons (Fsp3) is 0.391. The first-order valence-electron chi connectivity index (χ1n) is 10.4. The third-order valence-electron chi connectivity index (χ3n) is 5.92. The predicted octanol–water partition coefficient (Wildman–Crippen LogP) is 3.07. The molecule has 2 fully saturated rings. The van der Waals surface area contributed by atoms with Gasteiger partial charge in [-0.25, -0.2) is 8.78 Å². The smallest absolute Gasteiger partial charge is 0.228 e. The minimum absolute atomic E-state index is 0.0169. The van der Waals surface area contributed by atoms with Crippen molar-refractivity contribution in [2.75, 3.05) is 49.6 Å². The quantitative estimate of drug-likeness (QED) is 0.750. The second-order valence-corrected chi connectivity index (χ2v) is 7.87. The van der Waals surface area contributed by atoms with Gasteiger partial charge < -0.3 is 19.4 Å². The van der Waals surface area contributed by atoms with Crippen LogP contribution in [0.3, 0.4) is 0 Å². The van der Waals surface area contributed by atoms with Crippen LogP contribution in [0.15, 0.2) is 42.5 Å². The Morgan fingerprint density at radius 2 is 1.81 bits per heavy atom. The second kappa shape index (κ2) is 8.91. The van der Waals surface area contributed by atoms with E-state index in [1.54, 1.807) is 12.0 Å². The zero-order valence-corrected chi connectivity index (χ0v) is 17.4. The highest BCUT2D eigenvalue weighted by Crippen LogP contribution is 2.29. The third-order valence-corrected chi connectivity index (χ3v) is 5.92. The molecule has 2 aromatic carbocycles. The predicted molar refractivity (Wildman–Crippen MR) is 113 cm³/mol. The Balaban J connectivity index is 1.39. The molecule has 2 aromatic rings. The summed E-state index contributed by atoms with van der Waals surface area (Å²) in [5.41, 5.74) is 1.09. The molecule has 1 unspecified atom stereocenters. The maximum atomic E-state index is 14.1. The number of ether oxygens (including phenoxy) is 1. The maximum absolute atomic E-state index is 14.1. The number of benzene rings is 2. The van der Waals surface area contributed by atoms with E-state index in [0.717, 1.165) is 36.5 Å². The molecule has 31 heavy (non-hydrogen) atoms. The fourth-order valence-electron chi connectivity index (χ4n) is 4.25. The van der Waals surface area contributed by atoms with Crippen LogP contribution in [0.2, 0.25) is 0 Å². The summed E-state index contributed by atoms with van der Waals surface area (Å²) in [5, 5.41) is 0. The van der Waals surface area contributed by atoms with Crippen molar-refractivity contribution in [1.29, 1.82) is 0 Å². The lowest BCUT2D eigenvalue weighted by molar-refractivity contribution is -0.135. The molecule has 8 heteroatoms. The molecule has 2 aliphatic rings. The van der Waals surface area contributed by atoms with E-state index in [9.17, 15) is 18.4 Å². The van der Waals surface area contributed by atoms with Gasteiger partial charge in [-0.05, 0) is 42.8 Å². The highest BCUT2D eigenvalue weighted by atomic mass is 19.1. The van der Waals surface area contributed by atoms with Crippen molar-refractivity contribution in [2.45, 2.75) is 12.8 Å². The molecule has 0 radical (unpaired) electrons. The first-order valence-corrected chi connectivity index (χ1v) is 10.4. The van der Waals surface area contributed by atoms with Gasteiger partial charge in [-0.1, -0.05) is 0 Å². The Morgan fingerprint density at radius 3 is 2.52 bits per heavy atom. The number of halogens is 2. The fourth-order valence-corrected chi connectivity index (χ4v) is 4.25. The Morgan fingerprint density at radius 1 is 1.03 bits per heavy atom. The summed E-state index contributed by atoms with van der Waals surface area (Å²) in [6.45, 7) is 2.79. The van der Waals surface area contributed by atoms with E-state index in [1.807, 2.05) is 24.3 Å².